The van der Waals surface area contributed by atoms with Gasteiger partial charge in [-0.3, -0.25) is 9.10 Å². The summed E-state index contributed by atoms with van der Waals surface area (Å²) >= 11 is 0. The van der Waals surface area contributed by atoms with E-state index in [1.807, 2.05) is 13.8 Å². The number of carbonyl (C=O) groups is 1. The van der Waals surface area contributed by atoms with E-state index in [1.165, 1.54) is 12.1 Å². The van der Waals surface area contributed by atoms with Crippen molar-refractivity contribution >= 4 is 21.6 Å². The van der Waals surface area contributed by atoms with Gasteiger partial charge >= 0.3 is 0 Å². The fourth-order valence-electron chi connectivity index (χ4n) is 3.75. The molecule has 0 fully saturated rings. The Hall–Kier alpha value is -3.72. The van der Waals surface area contributed by atoms with Gasteiger partial charge in [-0.25, -0.2) is 8.42 Å². The Kier molecular flexibility index (Phi) is 8.82. The summed E-state index contributed by atoms with van der Waals surface area (Å²) < 4.78 is 45.0. The van der Waals surface area contributed by atoms with Gasteiger partial charge in [-0.2, -0.15) is 0 Å². The van der Waals surface area contributed by atoms with Gasteiger partial charge in [-0.15, -0.1) is 0 Å². The Bertz CT molecular complexity index is 1290. The highest BCUT2D eigenvalue weighted by Crippen LogP contribution is 2.33. The van der Waals surface area contributed by atoms with Crippen molar-refractivity contribution in [3.63, 3.8) is 0 Å². The van der Waals surface area contributed by atoms with Gasteiger partial charge < -0.3 is 19.5 Å². The Morgan fingerprint density at radius 1 is 0.972 bits per heavy atom. The van der Waals surface area contributed by atoms with E-state index >= 15 is 0 Å². The predicted octanol–water partition coefficient (Wildman–Crippen LogP) is 4.48. The average Bonchev–Trinajstić information content (AvgIpc) is 2.87. The second-order valence-electron chi connectivity index (χ2n) is 8.12. The highest BCUT2D eigenvalue weighted by molar-refractivity contribution is 7.92. The molecular weight excluding hydrogens is 480 g/mol. The highest BCUT2D eigenvalue weighted by atomic mass is 32.2. The highest BCUT2D eigenvalue weighted by Gasteiger charge is 2.30. The summed E-state index contributed by atoms with van der Waals surface area (Å²) in [4.78, 5) is 13.3. The van der Waals surface area contributed by atoms with Crippen LogP contribution in [-0.4, -0.2) is 41.7 Å². The minimum atomic E-state index is -4.08. The summed E-state index contributed by atoms with van der Waals surface area (Å²) in [6.07, 6.45) is 0. The fraction of sp³-hybridized carbons (Fsp3) is 0.296. The van der Waals surface area contributed by atoms with Crippen LogP contribution in [-0.2, 0) is 14.8 Å². The van der Waals surface area contributed by atoms with Crippen LogP contribution < -0.4 is 23.8 Å². The van der Waals surface area contributed by atoms with Gasteiger partial charge in [-0.1, -0.05) is 29.8 Å². The van der Waals surface area contributed by atoms with E-state index in [1.54, 1.807) is 75.7 Å². The summed E-state index contributed by atoms with van der Waals surface area (Å²) in [6.45, 7) is 5.37. The molecule has 0 unspecified atom stereocenters. The van der Waals surface area contributed by atoms with Crippen LogP contribution >= 0.6 is 0 Å². The molecule has 8 nitrogen and oxygen atoms in total. The molecule has 0 heterocycles. The molecule has 0 aliphatic rings. The maximum atomic E-state index is 13.7. The van der Waals surface area contributed by atoms with Gasteiger partial charge in [-0.05, 0) is 63.2 Å². The summed E-state index contributed by atoms with van der Waals surface area (Å²) in [5.74, 6) is 1.07. The first-order valence-corrected chi connectivity index (χ1v) is 13.0. The van der Waals surface area contributed by atoms with Gasteiger partial charge in [0.25, 0.3) is 10.0 Å². The molecule has 36 heavy (non-hydrogen) atoms. The van der Waals surface area contributed by atoms with Crippen molar-refractivity contribution in [2.75, 3.05) is 31.7 Å². The Morgan fingerprint density at radius 3 is 2.31 bits per heavy atom. The van der Waals surface area contributed by atoms with Gasteiger partial charge in [0.15, 0.2) is 0 Å². The number of anilines is 1. The van der Waals surface area contributed by atoms with E-state index in [9.17, 15) is 13.2 Å². The minimum absolute atomic E-state index is 0.0784. The van der Waals surface area contributed by atoms with Crippen molar-refractivity contribution in [2.45, 2.75) is 31.7 Å². The number of aryl methyl sites for hydroxylation is 1. The molecule has 0 radical (unpaired) electrons. The van der Waals surface area contributed by atoms with Crippen LogP contribution in [0.5, 0.6) is 17.2 Å². The Labute approximate surface area is 212 Å². The van der Waals surface area contributed by atoms with Crippen LogP contribution in [0.15, 0.2) is 71.6 Å². The number of nitrogens with one attached hydrogen (secondary N) is 1. The molecule has 1 N–H and O–H groups in total. The largest absolute Gasteiger partial charge is 0.497 e. The number of para-hydroxylation sites is 2. The molecule has 1 amide bonds. The molecule has 9 heteroatoms. The molecule has 0 bridgehead atoms. The monoisotopic (exact) mass is 512 g/mol. The number of rotatable bonds is 11. The average molecular weight is 513 g/mol. The third kappa shape index (κ3) is 6.09. The second-order valence-corrected chi connectivity index (χ2v) is 9.98. The number of ether oxygens (including phenoxy) is 3. The Morgan fingerprint density at radius 2 is 1.67 bits per heavy atom. The van der Waals surface area contributed by atoms with Crippen LogP contribution in [0.3, 0.4) is 0 Å². The van der Waals surface area contributed by atoms with Crippen molar-refractivity contribution in [1.29, 1.82) is 0 Å². The summed E-state index contributed by atoms with van der Waals surface area (Å²) in [5.41, 5.74) is 1.91. The van der Waals surface area contributed by atoms with E-state index in [4.69, 9.17) is 14.2 Å². The smallest absolute Gasteiger partial charge is 0.264 e. The maximum Gasteiger partial charge on any atom is 0.264 e. The molecule has 0 aliphatic heterocycles. The minimum Gasteiger partial charge on any atom is -0.497 e. The number of nitrogens with zero attached hydrogens (tertiary/aromatic N) is 1. The topological polar surface area (TPSA) is 94.2 Å². The van der Waals surface area contributed by atoms with E-state index in [-0.39, 0.29) is 10.6 Å². The van der Waals surface area contributed by atoms with E-state index in [0.29, 0.717) is 29.4 Å². The van der Waals surface area contributed by atoms with Gasteiger partial charge in [0.1, 0.15) is 23.8 Å². The number of carbonyl (C=O) groups excluding carboxylic acids is 1. The third-order valence-corrected chi connectivity index (χ3v) is 7.38. The molecule has 0 saturated carbocycles. The summed E-state index contributed by atoms with van der Waals surface area (Å²) in [5, 5.41) is 2.89. The summed E-state index contributed by atoms with van der Waals surface area (Å²) in [7, 11) is -0.987. The molecule has 0 aliphatic carbocycles. The molecule has 192 valence electrons. The van der Waals surface area contributed by atoms with E-state index < -0.39 is 28.5 Å². The third-order valence-electron chi connectivity index (χ3n) is 5.61. The van der Waals surface area contributed by atoms with Crippen molar-refractivity contribution in [2.24, 2.45) is 0 Å². The molecule has 0 saturated heterocycles. The van der Waals surface area contributed by atoms with E-state index in [0.717, 1.165) is 9.87 Å². The normalized spacial score (nSPS) is 11.9. The SMILES string of the molecule is CCOc1ccccc1N(CC(=O)N[C@H](C)c1cc(OC)ccc1OC)S(=O)(=O)c1ccc(C)cc1. The first-order valence-electron chi connectivity index (χ1n) is 11.5. The molecule has 0 aromatic heterocycles. The number of methoxy groups -OCH3 is 2. The van der Waals surface area contributed by atoms with Crippen molar-refractivity contribution < 1.29 is 27.4 Å². The number of benzene rings is 3. The van der Waals surface area contributed by atoms with Crippen LogP contribution in [0.25, 0.3) is 0 Å². The van der Waals surface area contributed by atoms with Gasteiger partial charge in [0, 0.05) is 5.56 Å². The number of amides is 1. The quantitative estimate of drug-likeness (QED) is 0.407. The van der Waals surface area contributed by atoms with Crippen molar-refractivity contribution in [1.82, 2.24) is 5.32 Å². The molecule has 0 spiro atoms. The molecule has 3 aromatic carbocycles. The zero-order valence-electron chi connectivity index (χ0n) is 21.1. The zero-order valence-corrected chi connectivity index (χ0v) is 22.0. The zero-order chi connectivity index (χ0) is 26.3. The van der Waals surface area contributed by atoms with Crippen LogP contribution in [0, 0.1) is 6.92 Å². The van der Waals surface area contributed by atoms with Crippen LogP contribution in [0.2, 0.25) is 0 Å². The van der Waals surface area contributed by atoms with Gasteiger partial charge in [0.2, 0.25) is 5.91 Å². The molecular formula is C27H32N2O6S. The first-order chi connectivity index (χ1) is 17.2. The first kappa shape index (κ1) is 26.9. The lowest BCUT2D eigenvalue weighted by molar-refractivity contribution is -0.120. The van der Waals surface area contributed by atoms with Crippen molar-refractivity contribution in [3.05, 3.63) is 77.9 Å². The lowest BCUT2D eigenvalue weighted by Crippen LogP contribution is -2.41. The lowest BCUT2D eigenvalue weighted by atomic mass is 10.1. The maximum absolute atomic E-state index is 13.7. The molecule has 1 atom stereocenters. The number of hydrogen-bond donors (Lipinski definition) is 1. The predicted molar refractivity (Wildman–Crippen MR) is 139 cm³/mol. The standard InChI is InChI=1S/C27H32N2O6S/c1-6-35-26-10-8-7-9-24(26)29(36(31,32)22-14-11-19(2)12-15-22)18-27(30)28-20(3)23-17-21(33-4)13-16-25(23)34-5/h7-17,20H,6,18H2,1-5H3,(H,28,30)/t20-/m1/s1. The Balaban J connectivity index is 1.96. The fourth-order valence-corrected chi connectivity index (χ4v) is 5.18. The molecule has 3 aromatic rings. The van der Waals surface area contributed by atoms with Crippen LogP contribution in [0.1, 0.15) is 31.0 Å². The van der Waals surface area contributed by atoms with Crippen molar-refractivity contribution in [3.8, 4) is 17.2 Å². The summed E-state index contributed by atoms with van der Waals surface area (Å²) in [6, 6.07) is 18.1. The molecule has 3 rings (SSSR count). The lowest BCUT2D eigenvalue weighted by Gasteiger charge is -2.27. The second kappa shape index (κ2) is 11.8. The number of sulfonamides is 1. The number of hydrogen-bond acceptors (Lipinski definition) is 6. The van der Waals surface area contributed by atoms with E-state index in [2.05, 4.69) is 5.32 Å². The van der Waals surface area contributed by atoms with Gasteiger partial charge in [0.05, 0.1) is 37.5 Å². The van der Waals surface area contributed by atoms with Crippen LogP contribution in [0.4, 0.5) is 5.69 Å².